The van der Waals surface area contributed by atoms with Crippen molar-refractivity contribution >= 4 is 0 Å². The highest BCUT2D eigenvalue weighted by molar-refractivity contribution is 5.46. The third-order valence-electron chi connectivity index (χ3n) is 2.74. The van der Waals surface area contributed by atoms with Crippen molar-refractivity contribution in [3.8, 4) is 11.8 Å². The lowest BCUT2D eigenvalue weighted by atomic mass is 10.0. The first-order chi connectivity index (χ1) is 9.22. The molecule has 1 aromatic heterocycles. The van der Waals surface area contributed by atoms with E-state index >= 15 is 0 Å². The number of benzene rings is 1. The summed E-state index contributed by atoms with van der Waals surface area (Å²) < 4.78 is 0. The van der Waals surface area contributed by atoms with Crippen LogP contribution in [0.1, 0.15) is 28.1 Å². The minimum Gasteiger partial charge on any atom is -0.392 e. The van der Waals surface area contributed by atoms with E-state index in [0.29, 0.717) is 5.69 Å². The third-order valence-corrected chi connectivity index (χ3v) is 2.74. The van der Waals surface area contributed by atoms with Gasteiger partial charge in [0.1, 0.15) is 5.69 Å². The second-order valence-electron chi connectivity index (χ2n) is 4.22. The number of aliphatic hydroxyl groups excluding tert-OH is 2. The summed E-state index contributed by atoms with van der Waals surface area (Å²) in [4.78, 5) is 4.30. The largest absolute Gasteiger partial charge is 0.392 e. The zero-order valence-electron chi connectivity index (χ0n) is 10.7. The molecule has 0 unspecified atom stereocenters. The molecule has 0 aliphatic rings. The van der Waals surface area contributed by atoms with Crippen LogP contribution >= 0.6 is 0 Å². The Balaban J connectivity index is 2.37. The number of nitrogens with zero attached hydrogens (tertiary/aromatic N) is 1. The molecule has 0 bridgehead atoms. The highest BCUT2D eigenvalue weighted by Gasteiger charge is 2.00. The molecular formula is C16H15NO2. The van der Waals surface area contributed by atoms with E-state index in [0.717, 1.165) is 22.4 Å². The van der Waals surface area contributed by atoms with E-state index in [2.05, 4.69) is 16.8 Å². The third kappa shape index (κ3) is 3.41. The molecule has 2 N–H and O–H groups in total. The number of pyridine rings is 1. The minimum atomic E-state index is -0.0725. The van der Waals surface area contributed by atoms with E-state index in [-0.39, 0.29) is 13.2 Å². The van der Waals surface area contributed by atoms with Crippen molar-refractivity contribution in [3.05, 3.63) is 64.5 Å². The minimum absolute atomic E-state index is 0.0386. The smallest absolute Gasteiger partial charge is 0.113 e. The lowest BCUT2D eigenvalue weighted by Gasteiger charge is -2.03. The Bertz CT molecular complexity index is 639. The van der Waals surface area contributed by atoms with Gasteiger partial charge in [0.15, 0.2) is 0 Å². The molecule has 0 fully saturated rings. The van der Waals surface area contributed by atoms with Crippen molar-refractivity contribution in [1.29, 1.82) is 0 Å². The maximum absolute atomic E-state index is 9.28. The van der Waals surface area contributed by atoms with Crippen molar-refractivity contribution in [2.24, 2.45) is 0 Å². The van der Waals surface area contributed by atoms with E-state index in [9.17, 15) is 5.11 Å². The zero-order valence-corrected chi connectivity index (χ0v) is 10.7. The number of hydrogen-bond donors (Lipinski definition) is 2. The van der Waals surface area contributed by atoms with E-state index in [1.807, 2.05) is 25.1 Å². The summed E-state index contributed by atoms with van der Waals surface area (Å²) in [5.41, 5.74) is 3.85. The highest BCUT2D eigenvalue weighted by atomic mass is 16.3. The van der Waals surface area contributed by atoms with Crippen LogP contribution in [-0.2, 0) is 13.2 Å². The summed E-state index contributed by atoms with van der Waals surface area (Å²) in [6, 6.07) is 11.0. The summed E-state index contributed by atoms with van der Waals surface area (Å²) in [6.07, 6.45) is 0. The van der Waals surface area contributed by atoms with Crippen LogP contribution in [0.2, 0.25) is 0 Å². The van der Waals surface area contributed by atoms with Crippen molar-refractivity contribution in [2.45, 2.75) is 20.1 Å². The molecule has 0 radical (unpaired) electrons. The number of rotatable bonds is 2. The first-order valence-corrected chi connectivity index (χ1v) is 6.02. The molecule has 96 valence electrons. The Hall–Kier alpha value is -2.15. The SMILES string of the molecule is Cc1cccc(C#Cc2cc(CO)ccc2CO)n1. The molecule has 2 rings (SSSR count). The van der Waals surface area contributed by atoms with Crippen molar-refractivity contribution in [2.75, 3.05) is 0 Å². The van der Waals surface area contributed by atoms with Crippen molar-refractivity contribution < 1.29 is 10.2 Å². The average Bonchev–Trinajstić information content (AvgIpc) is 2.45. The van der Waals surface area contributed by atoms with Gasteiger partial charge in [0.2, 0.25) is 0 Å². The van der Waals surface area contributed by atoms with Gasteiger partial charge in [-0.25, -0.2) is 4.98 Å². The molecule has 0 spiro atoms. The molecule has 0 saturated heterocycles. The van der Waals surface area contributed by atoms with Crippen LogP contribution in [0.25, 0.3) is 0 Å². The van der Waals surface area contributed by atoms with Gasteiger partial charge in [0.05, 0.1) is 13.2 Å². The van der Waals surface area contributed by atoms with Gasteiger partial charge in [0, 0.05) is 11.3 Å². The maximum Gasteiger partial charge on any atom is 0.113 e. The van der Waals surface area contributed by atoms with Gasteiger partial charge in [-0.3, -0.25) is 0 Å². The second kappa shape index (κ2) is 6.14. The van der Waals surface area contributed by atoms with Crippen LogP contribution in [0, 0.1) is 18.8 Å². The fourth-order valence-electron chi connectivity index (χ4n) is 1.72. The van der Waals surface area contributed by atoms with Gasteiger partial charge in [0.25, 0.3) is 0 Å². The van der Waals surface area contributed by atoms with Crippen LogP contribution in [0.15, 0.2) is 36.4 Å². The van der Waals surface area contributed by atoms with Crippen LogP contribution in [-0.4, -0.2) is 15.2 Å². The summed E-state index contributed by atoms with van der Waals surface area (Å²) in [6.45, 7) is 1.80. The fraction of sp³-hybridized carbons (Fsp3) is 0.188. The molecular weight excluding hydrogens is 238 g/mol. The normalized spacial score (nSPS) is 9.84. The monoisotopic (exact) mass is 253 g/mol. The second-order valence-corrected chi connectivity index (χ2v) is 4.22. The van der Waals surface area contributed by atoms with Gasteiger partial charge < -0.3 is 10.2 Å². The van der Waals surface area contributed by atoms with E-state index in [4.69, 9.17) is 5.11 Å². The standard InChI is InChI=1S/C16H15NO2/c1-12-3-2-4-16(17-12)8-7-14-9-13(10-18)5-6-15(14)11-19/h2-6,9,18-19H,10-11H2,1H3. The van der Waals surface area contributed by atoms with Gasteiger partial charge in [-0.15, -0.1) is 0 Å². The Kier molecular flexibility index (Phi) is 4.30. The van der Waals surface area contributed by atoms with Gasteiger partial charge in [-0.2, -0.15) is 0 Å². The molecule has 0 saturated carbocycles. The summed E-state index contributed by atoms with van der Waals surface area (Å²) in [5.74, 6) is 5.97. The molecule has 0 aliphatic heterocycles. The van der Waals surface area contributed by atoms with Gasteiger partial charge >= 0.3 is 0 Å². The molecule has 1 heterocycles. The summed E-state index contributed by atoms with van der Waals surface area (Å²) >= 11 is 0. The summed E-state index contributed by atoms with van der Waals surface area (Å²) in [5, 5.41) is 18.4. The Morgan fingerprint density at radius 3 is 2.58 bits per heavy atom. The summed E-state index contributed by atoms with van der Waals surface area (Å²) in [7, 11) is 0. The van der Waals surface area contributed by atoms with Crippen LogP contribution in [0.4, 0.5) is 0 Å². The Labute approximate surface area is 112 Å². The zero-order chi connectivity index (χ0) is 13.7. The predicted octanol–water partition coefficient (Wildman–Crippen LogP) is 1.77. The molecule has 0 atom stereocenters. The number of aromatic nitrogens is 1. The predicted molar refractivity (Wildman–Crippen MR) is 73.2 cm³/mol. The van der Waals surface area contributed by atoms with Crippen LogP contribution < -0.4 is 0 Å². The number of aliphatic hydroxyl groups is 2. The maximum atomic E-state index is 9.28. The average molecular weight is 253 g/mol. The fourth-order valence-corrected chi connectivity index (χ4v) is 1.72. The quantitative estimate of drug-likeness (QED) is 0.802. The van der Waals surface area contributed by atoms with Gasteiger partial charge in [-0.1, -0.05) is 24.1 Å². The van der Waals surface area contributed by atoms with Crippen LogP contribution in [0.3, 0.4) is 0 Å². The topological polar surface area (TPSA) is 53.4 Å². The van der Waals surface area contributed by atoms with E-state index < -0.39 is 0 Å². The van der Waals surface area contributed by atoms with Crippen molar-refractivity contribution in [3.63, 3.8) is 0 Å². The number of hydrogen-bond acceptors (Lipinski definition) is 3. The first kappa shape index (κ1) is 13.3. The number of aryl methyl sites for hydroxylation is 1. The molecule has 2 aromatic rings. The highest BCUT2D eigenvalue weighted by Crippen LogP contribution is 2.11. The molecule has 3 nitrogen and oxygen atoms in total. The van der Waals surface area contributed by atoms with E-state index in [1.54, 1.807) is 18.2 Å². The lowest BCUT2D eigenvalue weighted by Crippen LogP contribution is -1.93. The first-order valence-electron chi connectivity index (χ1n) is 6.02. The van der Waals surface area contributed by atoms with Crippen molar-refractivity contribution in [1.82, 2.24) is 4.98 Å². The molecule has 0 aliphatic carbocycles. The molecule has 0 amide bonds. The van der Waals surface area contributed by atoms with E-state index in [1.165, 1.54) is 0 Å². The Morgan fingerprint density at radius 1 is 1.05 bits per heavy atom. The van der Waals surface area contributed by atoms with Gasteiger partial charge in [-0.05, 0) is 42.2 Å². The molecule has 19 heavy (non-hydrogen) atoms. The Morgan fingerprint density at radius 2 is 1.89 bits per heavy atom. The lowest BCUT2D eigenvalue weighted by molar-refractivity contribution is 0.278. The molecule has 1 aromatic carbocycles. The molecule has 3 heteroatoms. The van der Waals surface area contributed by atoms with Crippen LogP contribution in [0.5, 0.6) is 0 Å².